The molecule has 0 bridgehead atoms. The molecule has 4 unspecified atom stereocenters. The number of hydrogen-bond acceptors (Lipinski definition) is 2. The summed E-state index contributed by atoms with van der Waals surface area (Å²) in [6.07, 6.45) is 1.77. The van der Waals surface area contributed by atoms with E-state index in [4.69, 9.17) is 5.26 Å². The molecule has 0 aromatic heterocycles. The van der Waals surface area contributed by atoms with Crippen molar-refractivity contribution in [1.82, 2.24) is 0 Å². The Morgan fingerprint density at radius 1 is 1.54 bits per heavy atom. The van der Waals surface area contributed by atoms with Gasteiger partial charge in [0.2, 0.25) is 0 Å². The lowest BCUT2D eigenvalue weighted by Gasteiger charge is -2.37. The van der Waals surface area contributed by atoms with Crippen molar-refractivity contribution in [1.29, 1.82) is 5.26 Å². The standard InChI is InChI=1S/C11H19NO/c1-5-10(3,7-12)11(4,13)9-6-8(9)2/h8-9,13H,5-6H2,1-4H3. The molecular weight excluding hydrogens is 162 g/mol. The Labute approximate surface area is 80.6 Å². The molecule has 1 aliphatic rings. The molecule has 2 nitrogen and oxygen atoms in total. The van der Waals surface area contributed by atoms with Gasteiger partial charge in [-0.1, -0.05) is 13.8 Å². The van der Waals surface area contributed by atoms with Crippen LogP contribution in [0.1, 0.15) is 40.5 Å². The van der Waals surface area contributed by atoms with E-state index in [1.807, 2.05) is 20.8 Å². The predicted molar refractivity (Wildman–Crippen MR) is 51.9 cm³/mol. The molecule has 0 aromatic carbocycles. The lowest BCUT2D eigenvalue weighted by Crippen LogP contribution is -2.45. The second kappa shape index (κ2) is 2.99. The van der Waals surface area contributed by atoms with Gasteiger partial charge in [-0.2, -0.15) is 5.26 Å². The molecular formula is C11H19NO. The molecule has 0 aromatic rings. The molecule has 1 fully saturated rings. The highest BCUT2D eigenvalue weighted by atomic mass is 16.3. The SMILES string of the molecule is CCC(C)(C#N)C(C)(O)C1CC1C. The maximum Gasteiger partial charge on any atom is 0.0833 e. The summed E-state index contributed by atoms with van der Waals surface area (Å²) in [6.45, 7) is 7.77. The van der Waals surface area contributed by atoms with E-state index in [0.29, 0.717) is 18.3 Å². The summed E-state index contributed by atoms with van der Waals surface area (Å²) >= 11 is 0. The minimum atomic E-state index is -0.823. The Hall–Kier alpha value is -0.550. The van der Waals surface area contributed by atoms with Crippen molar-refractivity contribution in [3.05, 3.63) is 0 Å². The van der Waals surface area contributed by atoms with Gasteiger partial charge in [-0.05, 0) is 38.5 Å². The van der Waals surface area contributed by atoms with Gasteiger partial charge in [0.15, 0.2) is 0 Å². The van der Waals surface area contributed by atoms with Gasteiger partial charge in [0.25, 0.3) is 0 Å². The van der Waals surface area contributed by atoms with E-state index >= 15 is 0 Å². The Morgan fingerprint density at radius 3 is 2.23 bits per heavy atom. The first-order valence-corrected chi connectivity index (χ1v) is 5.02. The fourth-order valence-corrected chi connectivity index (χ4v) is 2.06. The largest absolute Gasteiger partial charge is 0.388 e. The van der Waals surface area contributed by atoms with Crippen molar-refractivity contribution >= 4 is 0 Å². The van der Waals surface area contributed by atoms with Gasteiger partial charge in [-0.25, -0.2) is 0 Å². The number of nitrogens with zero attached hydrogens (tertiary/aromatic N) is 1. The van der Waals surface area contributed by atoms with Crippen molar-refractivity contribution in [3.63, 3.8) is 0 Å². The maximum atomic E-state index is 10.3. The zero-order valence-corrected chi connectivity index (χ0v) is 8.96. The molecule has 0 aliphatic heterocycles. The average Bonchev–Trinajstić information content (AvgIpc) is 2.81. The second-order valence-electron chi connectivity index (χ2n) is 4.76. The lowest BCUT2D eigenvalue weighted by molar-refractivity contribution is -0.0552. The van der Waals surface area contributed by atoms with Crippen molar-refractivity contribution in [2.24, 2.45) is 17.3 Å². The molecule has 1 aliphatic carbocycles. The smallest absolute Gasteiger partial charge is 0.0833 e. The first-order chi connectivity index (χ1) is 5.89. The lowest BCUT2D eigenvalue weighted by atomic mass is 9.70. The number of hydrogen-bond donors (Lipinski definition) is 1. The zero-order valence-electron chi connectivity index (χ0n) is 8.96. The minimum Gasteiger partial charge on any atom is -0.388 e. The molecule has 1 N–H and O–H groups in total. The van der Waals surface area contributed by atoms with E-state index in [1.54, 1.807) is 0 Å². The van der Waals surface area contributed by atoms with Gasteiger partial charge in [0.1, 0.15) is 0 Å². The predicted octanol–water partition coefficient (Wildman–Crippen LogP) is 2.33. The van der Waals surface area contributed by atoms with E-state index in [2.05, 4.69) is 13.0 Å². The van der Waals surface area contributed by atoms with Crippen LogP contribution in [0.15, 0.2) is 0 Å². The molecule has 4 atom stereocenters. The van der Waals surface area contributed by atoms with E-state index in [9.17, 15) is 5.11 Å². The van der Waals surface area contributed by atoms with Crippen molar-refractivity contribution < 1.29 is 5.11 Å². The molecule has 1 rings (SSSR count). The summed E-state index contributed by atoms with van der Waals surface area (Å²) in [5.74, 6) is 0.895. The second-order valence-corrected chi connectivity index (χ2v) is 4.76. The van der Waals surface area contributed by atoms with Crippen LogP contribution in [0.4, 0.5) is 0 Å². The van der Waals surface area contributed by atoms with Crippen LogP contribution in [0, 0.1) is 28.6 Å². The molecule has 0 spiro atoms. The van der Waals surface area contributed by atoms with Crippen molar-refractivity contribution in [3.8, 4) is 6.07 Å². The van der Waals surface area contributed by atoms with Gasteiger partial charge in [-0.15, -0.1) is 0 Å². The van der Waals surface area contributed by atoms with E-state index in [1.165, 1.54) is 0 Å². The molecule has 74 valence electrons. The van der Waals surface area contributed by atoms with Gasteiger partial charge >= 0.3 is 0 Å². The fraction of sp³-hybridized carbons (Fsp3) is 0.909. The van der Waals surface area contributed by atoms with Crippen LogP contribution >= 0.6 is 0 Å². The Bertz CT molecular complexity index is 241. The molecule has 0 saturated heterocycles. The normalized spacial score (nSPS) is 35.7. The monoisotopic (exact) mass is 181 g/mol. The molecule has 2 heteroatoms. The van der Waals surface area contributed by atoms with Crippen LogP contribution in [0.3, 0.4) is 0 Å². The summed E-state index contributed by atoms with van der Waals surface area (Å²) in [7, 11) is 0. The van der Waals surface area contributed by atoms with Crippen LogP contribution in [0.2, 0.25) is 0 Å². The van der Waals surface area contributed by atoms with Crippen LogP contribution < -0.4 is 0 Å². The summed E-state index contributed by atoms with van der Waals surface area (Å²) in [5.41, 5.74) is -1.42. The Kier molecular flexibility index (Phi) is 2.42. The highest BCUT2D eigenvalue weighted by molar-refractivity contribution is 5.13. The average molecular weight is 181 g/mol. The maximum absolute atomic E-state index is 10.3. The van der Waals surface area contributed by atoms with Crippen LogP contribution in [0.25, 0.3) is 0 Å². The Morgan fingerprint density at radius 2 is 2.00 bits per heavy atom. The van der Waals surface area contributed by atoms with Crippen LogP contribution in [0.5, 0.6) is 0 Å². The van der Waals surface area contributed by atoms with E-state index < -0.39 is 11.0 Å². The molecule has 0 radical (unpaired) electrons. The highest BCUT2D eigenvalue weighted by Crippen LogP contribution is 2.53. The van der Waals surface area contributed by atoms with Gasteiger partial charge < -0.3 is 5.11 Å². The first kappa shape index (κ1) is 10.5. The summed E-state index contributed by atoms with van der Waals surface area (Å²) < 4.78 is 0. The van der Waals surface area contributed by atoms with E-state index in [0.717, 1.165) is 6.42 Å². The number of nitriles is 1. The van der Waals surface area contributed by atoms with Crippen molar-refractivity contribution in [2.45, 2.75) is 46.1 Å². The number of rotatable bonds is 3. The van der Waals surface area contributed by atoms with Crippen LogP contribution in [-0.2, 0) is 0 Å². The number of aliphatic hydroxyl groups is 1. The topological polar surface area (TPSA) is 44.0 Å². The minimum absolute atomic E-state index is 0.317. The zero-order chi connectivity index (χ0) is 10.3. The summed E-state index contributed by atoms with van der Waals surface area (Å²) in [4.78, 5) is 0. The quantitative estimate of drug-likeness (QED) is 0.726. The first-order valence-electron chi connectivity index (χ1n) is 5.02. The third-order valence-electron chi connectivity index (χ3n) is 3.90. The third kappa shape index (κ3) is 1.46. The van der Waals surface area contributed by atoms with Gasteiger partial charge in [0, 0.05) is 0 Å². The third-order valence-corrected chi connectivity index (χ3v) is 3.90. The molecule has 1 saturated carbocycles. The molecule has 13 heavy (non-hydrogen) atoms. The summed E-state index contributed by atoms with van der Waals surface area (Å²) in [5, 5.41) is 19.4. The van der Waals surface area contributed by atoms with E-state index in [-0.39, 0.29) is 0 Å². The Balaban J connectivity index is 2.85. The van der Waals surface area contributed by atoms with Crippen LogP contribution in [-0.4, -0.2) is 10.7 Å². The molecule has 0 heterocycles. The van der Waals surface area contributed by atoms with Crippen molar-refractivity contribution in [2.75, 3.05) is 0 Å². The highest BCUT2D eigenvalue weighted by Gasteiger charge is 2.55. The van der Waals surface area contributed by atoms with Gasteiger partial charge in [0.05, 0.1) is 17.1 Å². The summed E-state index contributed by atoms with van der Waals surface area (Å²) in [6, 6.07) is 2.26. The fourth-order valence-electron chi connectivity index (χ4n) is 2.06. The molecule has 0 amide bonds. The van der Waals surface area contributed by atoms with Gasteiger partial charge in [-0.3, -0.25) is 0 Å².